The maximum absolute atomic E-state index is 12.8. The van der Waals surface area contributed by atoms with Crippen LogP contribution in [0.15, 0.2) is 59.5 Å². The number of carbonyl (C=O) groups is 1. The number of benzene rings is 2. The summed E-state index contributed by atoms with van der Waals surface area (Å²) in [5.74, 6) is 0.871. The van der Waals surface area contributed by atoms with Crippen molar-refractivity contribution < 1.29 is 17.9 Å². The quantitative estimate of drug-likeness (QED) is 0.802. The van der Waals surface area contributed by atoms with Crippen molar-refractivity contribution >= 4 is 21.6 Å². The summed E-state index contributed by atoms with van der Waals surface area (Å²) >= 11 is 0. The number of carbonyl (C=O) groups excluding carboxylic acids is 1. The maximum atomic E-state index is 12.8. The lowest BCUT2D eigenvalue weighted by Gasteiger charge is -2.29. The monoisotopic (exact) mass is 402 g/mol. The number of rotatable bonds is 6. The van der Waals surface area contributed by atoms with Crippen LogP contribution >= 0.6 is 0 Å². The fraction of sp³-hybridized carbons (Fsp3) is 0.381. The third-order valence-corrected chi connectivity index (χ3v) is 6.84. The topological polar surface area (TPSA) is 75.7 Å². The minimum atomic E-state index is -3.49. The van der Waals surface area contributed by atoms with Crippen LogP contribution in [0.3, 0.4) is 0 Å². The first-order chi connectivity index (χ1) is 13.4. The first-order valence-corrected chi connectivity index (χ1v) is 10.9. The maximum Gasteiger partial charge on any atom is 0.265 e. The molecule has 7 heteroatoms. The third-order valence-electron chi connectivity index (χ3n) is 4.93. The van der Waals surface area contributed by atoms with Gasteiger partial charge >= 0.3 is 0 Å². The lowest BCUT2D eigenvalue weighted by molar-refractivity contribution is -0.122. The second kappa shape index (κ2) is 8.75. The summed E-state index contributed by atoms with van der Waals surface area (Å²) in [4.78, 5) is 12.6. The first-order valence-electron chi connectivity index (χ1n) is 9.49. The van der Waals surface area contributed by atoms with Crippen molar-refractivity contribution in [3.63, 3.8) is 0 Å². The van der Waals surface area contributed by atoms with Gasteiger partial charge < -0.3 is 10.1 Å². The van der Waals surface area contributed by atoms with E-state index in [1.807, 2.05) is 18.2 Å². The van der Waals surface area contributed by atoms with Crippen molar-refractivity contribution in [1.82, 2.24) is 4.31 Å². The second-order valence-electron chi connectivity index (χ2n) is 7.17. The van der Waals surface area contributed by atoms with E-state index in [1.54, 1.807) is 31.2 Å². The van der Waals surface area contributed by atoms with E-state index in [2.05, 4.69) is 12.2 Å². The van der Waals surface area contributed by atoms with E-state index in [4.69, 9.17) is 4.74 Å². The number of amides is 1. The smallest absolute Gasteiger partial charge is 0.265 e. The molecule has 1 aliphatic heterocycles. The van der Waals surface area contributed by atoms with E-state index < -0.39 is 16.1 Å². The number of piperidine rings is 1. The summed E-state index contributed by atoms with van der Waals surface area (Å²) in [5.41, 5.74) is 0.528. The number of hydrogen-bond acceptors (Lipinski definition) is 4. The van der Waals surface area contributed by atoms with Crippen molar-refractivity contribution in [2.75, 3.05) is 18.4 Å². The van der Waals surface area contributed by atoms with Crippen LogP contribution in [0.5, 0.6) is 5.75 Å². The van der Waals surface area contributed by atoms with Gasteiger partial charge in [-0.25, -0.2) is 8.42 Å². The van der Waals surface area contributed by atoms with Gasteiger partial charge in [0.25, 0.3) is 5.91 Å². The van der Waals surface area contributed by atoms with Crippen LogP contribution < -0.4 is 10.1 Å². The molecule has 1 N–H and O–H groups in total. The lowest BCUT2D eigenvalue weighted by atomic mass is 10.0. The zero-order chi connectivity index (χ0) is 20.1. The molecule has 1 heterocycles. The number of anilines is 1. The predicted molar refractivity (Wildman–Crippen MR) is 109 cm³/mol. The lowest BCUT2D eigenvalue weighted by Crippen LogP contribution is -2.37. The molecule has 1 saturated heterocycles. The van der Waals surface area contributed by atoms with Crippen LogP contribution in [0.25, 0.3) is 0 Å². The normalized spacial score (nSPS) is 17.1. The Morgan fingerprint density at radius 3 is 2.29 bits per heavy atom. The summed E-state index contributed by atoms with van der Waals surface area (Å²) in [6.45, 7) is 4.91. The number of hydrogen-bond donors (Lipinski definition) is 1. The van der Waals surface area contributed by atoms with Crippen molar-refractivity contribution in [2.45, 2.75) is 37.7 Å². The number of ether oxygens (including phenoxy) is 1. The van der Waals surface area contributed by atoms with E-state index in [1.165, 1.54) is 16.4 Å². The first kappa shape index (κ1) is 20.4. The van der Waals surface area contributed by atoms with Gasteiger partial charge in [0.1, 0.15) is 5.75 Å². The Hall–Kier alpha value is -2.38. The highest BCUT2D eigenvalue weighted by Gasteiger charge is 2.28. The molecule has 6 nitrogen and oxygen atoms in total. The van der Waals surface area contributed by atoms with Crippen molar-refractivity contribution in [3.8, 4) is 5.75 Å². The predicted octanol–water partition coefficient (Wildman–Crippen LogP) is 3.51. The zero-order valence-corrected chi connectivity index (χ0v) is 17.0. The molecule has 1 amide bonds. The number of nitrogens with zero attached hydrogens (tertiary/aromatic N) is 1. The molecule has 150 valence electrons. The van der Waals surface area contributed by atoms with Crippen LogP contribution in [-0.4, -0.2) is 37.8 Å². The molecule has 0 aromatic heterocycles. The molecule has 0 bridgehead atoms. The highest BCUT2D eigenvalue weighted by molar-refractivity contribution is 7.89. The van der Waals surface area contributed by atoms with Gasteiger partial charge in [-0.15, -0.1) is 0 Å². The average molecular weight is 403 g/mol. The highest BCUT2D eigenvalue weighted by atomic mass is 32.2. The van der Waals surface area contributed by atoms with Crippen LogP contribution in [0.2, 0.25) is 0 Å². The van der Waals surface area contributed by atoms with Crippen molar-refractivity contribution in [1.29, 1.82) is 0 Å². The molecule has 2 aromatic carbocycles. The minimum Gasteiger partial charge on any atom is -0.481 e. The van der Waals surface area contributed by atoms with E-state index in [-0.39, 0.29) is 10.8 Å². The summed E-state index contributed by atoms with van der Waals surface area (Å²) in [6, 6.07) is 15.4. The van der Waals surface area contributed by atoms with Gasteiger partial charge in [0, 0.05) is 18.8 Å². The summed E-state index contributed by atoms with van der Waals surface area (Å²) < 4.78 is 32.7. The molecule has 1 aliphatic rings. The standard InChI is InChI=1S/C21H26N2O4S/c1-16-12-14-23(15-13-16)28(25,26)20-10-8-18(9-11-20)22-21(24)17(2)27-19-6-4-3-5-7-19/h3-11,16-17H,12-15H2,1-2H3,(H,22,24)/t17-/m0/s1. The van der Waals surface area contributed by atoms with Crippen molar-refractivity contribution in [2.24, 2.45) is 5.92 Å². The Kier molecular flexibility index (Phi) is 6.36. The van der Waals surface area contributed by atoms with Crippen LogP contribution in [0, 0.1) is 5.92 Å². The number of nitrogens with one attached hydrogen (secondary N) is 1. The Labute approximate surface area is 166 Å². The van der Waals surface area contributed by atoms with Gasteiger partial charge in [0.15, 0.2) is 6.10 Å². The molecule has 1 fully saturated rings. The van der Waals surface area contributed by atoms with E-state index in [0.717, 1.165) is 12.8 Å². The largest absolute Gasteiger partial charge is 0.481 e. The molecule has 1 atom stereocenters. The van der Waals surface area contributed by atoms with Gasteiger partial charge in [0.05, 0.1) is 4.90 Å². The van der Waals surface area contributed by atoms with Crippen molar-refractivity contribution in [3.05, 3.63) is 54.6 Å². The number of sulfonamides is 1. The Morgan fingerprint density at radius 1 is 1.07 bits per heavy atom. The van der Waals surface area contributed by atoms with E-state index in [0.29, 0.717) is 30.4 Å². The highest BCUT2D eigenvalue weighted by Crippen LogP contribution is 2.24. The van der Waals surface area contributed by atoms with Crippen LogP contribution in [-0.2, 0) is 14.8 Å². The fourth-order valence-corrected chi connectivity index (χ4v) is 4.55. The summed E-state index contributed by atoms with van der Waals surface area (Å²) in [6.07, 6.45) is 1.08. The molecule has 0 radical (unpaired) electrons. The molecular weight excluding hydrogens is 376 g/mol. The minimum absolute atomic E-state index is 0.244. The van der Waals surface area contributed by atoms with Gasteiger partial charge in [-0.1, -0.05) is 25.1 Å². The van der Waals surface area contributed by atoms with Gasteiger partial charge in [-0.2, -0.15) is 4.31 Å². The third kappa shape index (κ3) is 4.91. The molecule has 0 saturated carbocycles. The molecule has 3 rings (SSSR count). The second-order valence-corrected chi connectivity index (χ2v) is 9.11. The van der Waals surface area contributed by atoms with Gasteiger partial charge in [-0.05, 0) is 62.1 Å². The molecule has 0 aliphatic carbocycles. The van der Waals surface area contributed by atoms with Crippen LogP contribution in [0.4, 0.5) is 5.69 Å². The average Bonchev–Trinajstić information content (AvgIpc) is 2.69. The Bertz CT molecular complexity index is 890. The zero-order valence-electron chi connectivity index (χ0n) is 16.2. The van der Waals surface area contributed by atoms with Crippen LogP contribution in [0.1, 0.15) is 26.7 Å². The molecular formula is C21H26N2O4S. The van der Waals surface area contributed by atoms with Gasteiger partial charge in [-0.3, -0.25) is 4.79 Å². The fourth-order valence-electron chi connectivity index (χ4n) is 3.09. The van der Waals surface area contributed by atoms with E-state index in [9.17, 15) is 13.2 Å². The number of para-hydroxylation sites is 1. The SMILES string of the molecule is CC1CCN(S(=O)(=O)c2ccc(NC(=O)[C@H](C)Oc3ccccc3)cc2)CC1. The molecule has 0 spiro atoms. The molecule has 2 aromatic rings. The van der Waals surface area contributed by atoms with E-state index >= 15 is 0 Å². The Morgan fingerprint density at radius 2 is 1.68 bits per heavy atom. The molecule has 28 heavy (non-hydrogen) atoms. The molecule has 0 unspecified atom stereocenters. The summed E-state index contributed by atoms with van der Waals surface area (Å²) in [7, 11) is -3.49. The Balaban J connectivity index is 1.61. The van der Waals surface area contributed by atoms with Gasteiger partial charge in [0.2, 0.25) is 10.0 Å². The summed E-state index contributed by atoms with van der Waals surface area (Å²) in [5, 5.41) is 2.75.